The first-order valence-electron chi connectivity index (χ1n) is 10.7. The quantitative estimate of drug-likeness (QED) is 0.507. The van der Waals surface area contributed by atoms with Gasteiger partial charge in [-0.05, 0) is 42.7 Å². The summed E-state index contributed by atoms with van der Waals surface area (Å²) in [4.78, 5) is 23.8. The van der Waals surface area contributed by atoms with Crippen LogP contribution in [0.3, 0.4) is 0 Å². The SMILES string of the molecule is CSc1ccc2nc(N(CCN3CCOCC3)C(=O)c3ccc4c(c3)OCCO4)sc2c1. The van der Waals surface area contributed by atoms with Gasteiger partial charge in [0.25, 0.3) is 5.91 Å². The number of fused-ring (bicyclic) bond motifs is 2. The summed E-state index contributed by atoms with van der Waals surface area (Å²) in [5.41, 5.74) is 1.48. The molecule has 0 aliphatic carbocycles. The van der Waals surface area contributed by atoms with Crippen LogP contribution in [0.5, 0.6) is 11.5 Å². The molecule has 0 bridgehead atoms. The van der Waals surface area contributed by atoms with E-state index in [9.17, 15) is 4.79 Å². The minimum absolute atomic E-state index is 0.0839. The van der Waals surface area contributed by atoms with Crippen LogP contribution < -0.4 is 14.4 Å². The van der Waals surface area contributed by atoms with Gasteiger partial charge in [0.05, 0.1) is 23.4 Å². The van der Waals surface area contributed by atoms with Crippen LogP contribution in [0.1, 0.15) is 10.4 Å². The smallest absolute Gasteiger partial charge is 0.260 e. The van der Waals surface area contributed by atoms with Crippen molar-refractivity contribution in [1.29, 1.82) is 0 Å². The van der Waals surface area contributed by atoms with Gasteiger partial charge in [0, 0.05) is 36.6 Å². The topological polar surface area (TPSA) is 64.1 Å². The summed E-state index contributed by atoms with van der Waals surface area (Å²) in [5, 5.41) is 0.714. The van der Waals surface area contributed by atoms with E-state index < -0.39 is 0 Å². The van der Waals surface area contributed by atoms with Gasteiger partial charge >= 0.3 is 0 Å². The van der Waals surface area contributed by atoms with Gasteiger partial charge in [-0.15, -0.1) is 11.8 Å². The highest BCUT2D eigenvalue weighted by Crippen LogP contribution is 2.34. The molecule has 168 valence electrons. The summed E-state index contributed by atoms with van der Waals surface area (Å²) in [5.74, 6) is 1.21. The molecule has 0 N–H and O–H groups in total. The highest BCUT2D eigenvalue weighted by molar-refractivity contribution is 7.98. The highest BCUT2D eigenvalue weighted by Gasteiger charge is 2.24. The molecule has 0 saturated carbocycles. The third-order valence-corrected chi connectivity index (χ3v) is 7.36. The van der Waals surface area contributed by atoms with Crippen molar-refractivity contribution < 1.29 is 19.0 Å². The van der Waals surface area contributed by atoms with Gasteiger partial charge in [0.15, 0.2) is 16.6 Å². The largest absolute Gasteiger partial charge is 0.486 e. The zero-order valence-electron chi connectivity index (χ0n) is 17.9. The van der Waals surface area contributed by atoms with Gasteiger partial charge < -0.3 is 14.2 Å². The Kier molecular flexibility index (Phi) is 6.49. The van der Waals surface area contributed by atoms with E-state index in [1.54, 1.807) is 40.1 Å². The number of hydrogen-bond acceptors (Lipinski definition) is 8. The maximum absolute atomic E-state index is 13.7. The third kappa shape index (κ3) is 4.56. The molecular weight excluding hydrogens is 446 g/mol. The highest BCUT2D eigenvalue weighted by atomic mass is 32.2. The fourth-order valence-corrected chi connectivity index (χ4v) is 5.36. The summed E-state index contributed by atoms with van der Waals surface area (Å²) in [6.07, 6.45) is 2.06. The molecule has 0 radical (unpaired) electrons. The number of aromatic nitrogens is 1. The van der Waals surface area contributed by atoms with Crippen molar-refractivity contribution in [1.82, 2.24) is 9.88 Å². The van der Waals surface area contributed by atoms with E-state index in [2.05, 4.69) is 23.3 Å². The van der Waals surface area contributed by atoms with Crippen molar-refractivity contribution in [3.05, 3.63) is 42.0 Å². The second-order valence-corrected chi connectivity index (χ2v) is 9.49. The Labute approximate surface area is 195 Å². The van der Waals surface area contributed by atoms with E-state index in [0.29, 0.717) is 42.0 Å². The molecule has 1 amide bonds. The lowest BCUT2D eigenvalue weighted by atomic mass is 10.1. The van der Waals surface area contributed by atoms with Crippen molar-refractivity contribution in [3.8, 4) is 11.5 Å². The number of anilines is 1. The van der Waals surface area contributed by atoms with E-state index in [4.69, 9.17) is 19.2 Å². The van der Waals surface area contributed by atoms with Crippen LogP contribution in [0.25, 0.3) is 10.2 Å². The van der Waals surface area contributed by atoms with Crippen molar-refractivity contribution in [2.45, 2.75) is 4.90 Å². The number of hydrogen-bond donors (Lipinski definition) is 0. The fraction of sp³-hybridized carbons (Fsp3) is 0.391. The van der Waals surface area contributed by atoms with E-state index in [1.165, 1.54) is 4.90 Å². The summed E-state index contributed by atoms with van der Waals surface area (Å²) in [6, 6.07) is 11.6. The Hall–Kier alpha value is -2.33. The molecule has 1 saturated heterocycles. The van der Waals surface area contributed by atoms with Crippen molar-refractivity contribution in [2.24, 2.45) is 0 Å². The summed E-state index contributed by atoms with van der Waals surface area (Å²) >= 11 is 3.26. The normalized spacial score (nSPS) is 16.3. The molecule has 2 aromatic carbocycles. The number of thioether (sulfide) groups is 1. The Morgan fingerprint density at radius 1 is 1.09 bits per heavy atom. The van der Waals surface area contributed by atoms with E-state index in [1.807, 2.05) is 12.1 Å². The number of ether oxygens (including phenoxy) is 3. The summed E-state index contributed by atoms with van der Waals surface area (Å²) in [6.45, 7) is 5.56. The average Bonchev–Trinajstić information content (AvgIpc) is 3.27. The Morgan fingerprint density at radius 2 is 1.91 bits per heavy atom. The lowest BCUT2D eigenvalue weighted by Gasteiger charge is -2.29. The lowest BCUT2D eigenvalue weighted by molar-refractivity contribution is 0.0391. The molecule has 2 aliphatic rings. The molecular formula is C23H25N3O4S2. The van der Waals surface area contributed by atoms with Gasteiger partial charge in [0.2, 0.25) is 0 Å². The number of amides is 1. The minimum atomic E-state index is -0.0839. The number of benzene rings is 2. The number of carbonyl (C=O) groups excluding carboxylic acids is 1. The van der Waals surface area contributed by atoms with Crippen LogP contribution in [0.15, 0.2) is 41.3 Å². The fourth-order valence-electron chi connectivity index (χ4n) is 3.82. The van der Waals surface area contributed by atoms with Gasteiger partial charge in [-0.3, -0.25) is 14.6 Å². The number of nitrogens with zero attached hydrogens (tertiary/aromatic N) is 3. The van der Waals surface area contributed by atoms with Crippen LogP contribution in [0.2, 0.25) is 0 Å². The molecule has 3 aromatic rings. The molecule has 0 unspecified atom stereocenters. The first-order chi connectivity index (χ1) is 15.7. The van der Waals surface area contributed by atoms with E-state index in [0.717, 1.165) is 43.1 Å². The second kappa shape index (κ2) is 9.66. The zero-order valence-corrected chi connectivity index (χ0v) is 19.5. The third-order valence-electron chi connectivity index (χ3n) is 5.59. The average molecular weight is 472 g/mol. The molecule has 3 heterocycles. The van der Waals surface area contributed by atoms with Crippen LogP contribution >= 0.6 is 23.1 Å². The molecule has 5 rings (SSSR count). The number of morpholine rings is 1. The second-order valence-electron chi connectivity index (χ2n) is 7.60. The number of thiazole rings is 1. The Bertz CT molecular complexity index is 1110. The monoisotopic (exact) mass is 471 g/mol. The molecule has 7 nitrogen and oxygen atoms in total. The van der Waals surface area contributed by atoms with E-state index >= 15 is 0 Å². The van der Waals surface area contributed by atoms with Crippen LogP contribution in [0.4, 0.5) is 5.13 Å². The summed E-state index contributed by atoms with van der Waals surface area (Å²) in [7, 11) is 0. The number of carbonyl (C=O) groups is 1. The molecule has 9 heteroatoms. The van der Waals surface area contributed by atoms with Crippen LogP contribution in [-0.4, -0.2) is 74.7 Å². The zero-order chi connectivity index (χ0) is 21.9. The Morgan fingerprint density at radius 3 is 2.72 bits per heavy atom. The van der Waals surface area contributed by atoms with Crippen molar-refractivity contribution in [2.75, 3.05) is 63.8 Å². The lowest BCUT2D eigenvalue weighted by Crippen LogP contribution is -2.43. The minimum Gasteiger partial charge on any atom is -0.486 e. The first-order valence-corrected chi connectivity index (χ1v) is 12.7. The van der Waals surface area contributed by atoms with Crippen molar-refractivity contribution >= 4 is 44.4 Å². The number of rotatable bonds is 6. The van der Waals surface area contributed by atoms with Gasteiger partial charge in [0.1, 0.15) is 13.2 Å². The first kappa shape index (κ1) is 21.5. The van der Waals surface area contributed by atoms with Crippen LogP contribution in [0, 0.1) is 0 Å². The Balaban J connectivity index is 1.45. The molecule has 0 spiro atoms. The van der Waals surface area contributed by atoms with Gasteiger partial charge in [-0.2, -0.15) is 0 Å². The predicted octanol–water partition coefficient (Wildman–Crippen LogP) is 3.77. The molecule has 32 heavy (non-hydrogen) atoms. The maximum atomic E-state index is 13.7. The summed E-state index contributed by atoms with van der Waals surface area (Å²) < 4.78 is 17.9. The maximum Gasteiger partial charge on any atom is 0.260 e. The van der Waals surface area contributed by atoms with Crippen molar-refractivity contribution in [3.63, 3.8) is 0 Å². The van der Waals surface area contributed by atoms with E-state index in [-0.39, 0.29) is 5.91 Å². The molecule has 1 fully saturated rings. The molecule has 0 atom stereocenters. The van der Waals surface area contributed by atoms with Gasteiger partial charge in [-0.25, -0.2) is 4.98 Å². The van der Waals surface area contributed by atoms with Crippen LogP contribution in [-0.2, 0) is 4.74 Å². The molecule has 2 aliphatic heterocycles. The predicted molar refractivity (Wildman–Crippen MR) is 128 cm³/mol. The standard InChI is InChI=1S/C23H25N3O4S2/c1-31-17-3-4-18-21(15-17)32-23(24-18)26(7-6-25-8-10-28-11-9-25)22(27)16-2-5-19-20(14-16)30-13-12-29-19/h2-5,14-15H,6-13H2,1H3. The van der Waals surface area contributed by atoms with Gasteiger partial charge in [-0.1, -0.05) is 11.3 Å². The molecule has 1 aromatic heterocycles.